The highest BCUT2D eigenvalue weighted by Gasteiger charge is 2.22. The van der Waals surface area contributed by atoms with Crippen LogP contribution in [0.1, 0.15) is 21.8 Å². The Kier molecular flexibility index (Phi) is 6.44. The Balaban J connectivity index is 1.40. The van der Waals surface area contributed by atoms with Gasteiger partial charge in [-0.2, -0.15) is 9.71 Å². The monoisotopic (exact) mass is 486 g/mol. The van der Waals surface area contributed by atoms with E-state index in [1.807, 2.05) is 13.0 Å². The fourth-order valence-corrected chi connectivity index (χ4v) is 4.66. The topological polar surface area (TPSA) is 149 Å². The molecule has 0 saturated heterocycles. The van der Waals surface area contributed by atoms with Crippen molar-refractivity contribution in [1.29, 1.82) is 0 Å². The molecule has 0 fully saturated rings. The second kappa shape index (κ2) is 9.44. The third-order valence-corrected chi connectivity index (χ3v) is 6.95. The van der Waals surface area contributed by atoms with Gasteiger partial charge in [-0.15, -0.1) is 10.2 Å². The molecule has 0 saturated carbocycles. The van der Waals surface area contributed by atoms with Crippen LogP contribution in [0, 0.1) is 6.92 Å². The average molecular weight is 487 g/mol. The van der Waals surface area contributed by atoms with E-state index in [0.29, 0.717) is 22.7 Å². The first kappa shape index (κ1) is 22.5. The second-order valence-corrected chi connectivity index (χ2v) is 9.68. The standard InChI is InChI=1S/C20H18N6O5S2/c1-12-5-3-7-14(9-12)18(27)23-19-24-25-20(32-19)33(28,29)21-11-16-22-17(26-31-16)13-6-4-8-15(10-13)30-2/h3-10,21H,11H2,1-2H3,(H,23,24,27). The molecular weight excluding hydrogens is 468 g/mol. The smallest absolute Gasteiger partial charge is 0.270 e. The van der Waals surface area contributed by atoms with E-state index in [0.717, 1.165) is 16.9 Å². The molecule has 33 heavy (non-hydrogen) atoms. The Morgan fingerprint density at radius 2 is 1.97 bits per heavy atom. The maximum Gasteiger partial charge on any atom is 0.270 e. The number of hydrogen-bond donors (Lipinski definition) is 2. The normalized spacial score (nSPS) is 11.3. The Bertz CT molecular complexity index is 1400. The van der Waals surface area contributed by atoms with Gasteiger partial charge in [0.05, 0.1) is 13.7 Å². The maximum absolute atomic E-state index is 12.6. The molecular formula is C20H18N6O5S2. The highest BCUT2D eigenvalue weighted by molar-refractivity contribution is 7.91. The summed E-state index contributed by atoms with van der Waals surface area (Å²) in [6.07, 6.45) is 0. The van der Waals surface area contributed by atoms with Crippen LogP contribution in [-0.2, 0) is 16.6 Å². The Morgan fingerprint density at radius 3 is 2.76 bits per heavy atom. The molecule has 0 aliphatic rings. The van der Waals surface area contributed by atoms with Gasteiger partial charge in [0.15, 0.2) is 0 Å². The Hall–Kier alpha value is -3.68. The highest BCUT2D eigenvalue weighted by atomic mass is 32.2. The number of methoxy groups -OCH3 is 1. The summed E-state index contributed by atoms with van der Waals surface area (Å²) in [6, 6.07) is 14.0. The number of anilines is 1. The molecule has 170 valence electrons. The quantitative estimate of drug-likeness (QED) is 0.358. The fourth-order valence-electron chi connectivity index (χ4n) is 2.75. The molecule has 0 bridgehead atoms. The lowest BCUT2D eigenvalue weighted by Crippen LogP contribution is -2.23. The van der Waals surface area contributed by atoms with E-state index in [1.165, 1.54) is 0 Å². The molecule has 4 rings (SSSR count). The summed E-state index contributed by atoms with van der Waals surface area (Å²) in [7, 11) is -2.47. The van der Waals surface area contributed by atoms with Crippen LogP contribution < -0.4 is 14.8 Å². The van der Waals surface area contributed by atoms with Crippen molar-refractivity contribution in [3.63, 3.8) is 0 Å². The van der Waals surface area contributed by atoms with Crippen LogP contribution in [0.2, 0.25) is 0 Å². The number of rotatable bonds is 8. The molecule has 4 aromatic rings. The van der Waals surface area contributed by atoms with Gasteiger partial charge in [0.1, 0.15) is 5.75 Å². The molecule has 2 aromatic carbocycles. The summed E-state index contributed by atoms with van der Waals surface area (Å²) >= 11 is 0.723. The molecule has 0 atom stereocenters. The summed E-state index contributed by atoms with van der Waals surface area (Å²) in [6.45, 7) is 1.62. The number of hydrogen-bond acceptors (Lipinski definition) is 10. The summed E-state index contributed by atoms with van der Waals surface area (Å²) < 4.78 is 37.4. The van der Waals surface area contributed by atoms with Crippen molar-refractivity contribution in [2.75, 3.05) is 12.4 Å². The van der Waals surface area contributed by atoms with Gasteiger partial charge < -0.3 is 9.26 Å². The van der Waals surface area contributed by atoms with E-state index in [-0.39, 0.29) is 21.9 Å². The van der Waals surface area contributed by atoms with Crippen LogP contribution in [0.25, 0.3) is 11.4 Å². The van der Waals surface area contributed by atoms with Gasteiger partial charge >= 0.3 is 0 Å². The van der Waals surface area contributed by atoms with Crippen LogP contribution in [0.5, 0.6) is 5.75 Å². The average Bonchev–Trinajstić information content (AvgIpc) is 3.48. The number of nitrogens with zero attached hydrogens (tertiary/aromatic N) is 4. The zero-order chi connectivity index (χ0) is 23.4. The molecule has 2 N–H and O–H groups in total. The minimum atomic E-state index is -4.02. The SMILES string of the molecule is COc1cccc(-c2noc(CNS(=O)(=O)c3nnc(NC(=O)c4cccc(C)c4)s3)n2)c1. The molecule has 11 nitrogen and oxygen atoms in total. The number of carbonyl (C=O) groups excluding carboxylic acids is 1. The number of ether oxygens (including phenoxy) is 1. The third kappa shape index (κ3) is 5.39. The van der Waals surface area contributed by atoms with Gasteiger partial charge in [-0.05, 0) is 31.2 Å². The first-order valence-corrected chi connectivity index (χ1v) is 11.8. The lowest BCUT2D eigenvalue weighted by Gasteiger charge is -2.02. The van der Waals surface area contributed by atoms with E-state index in [9.17, 15) is 13.2 Å². The zero-order valence-corrected chi connectivity index (χ0v) is 19.1. The van der Waals surface area contributed by atoms with Crippen molar-refractivity contribution in [2.45, 2.75) is 17.8 Å². The van der Waals surface area contributed by atoms with Crippen LogP contribution >= 0.6 is 11.3 Å². The van der Waals surface area contributed by atoms with Crippen molar-refractivity contribution in [3.05, 3.63) is 65.5 Å². The molecule has 2 heterocycles. The van der Waals surface area contributed by atoms with E-state index in [1.54, 1.807) is 49.6 Å². The van der Waals surface area contributed by atoms with Crippen molar-refractivity contribution < 1.29 is 22.5 Å². The van der Waals surface area contributed by atoms with E-state index in [4.69, 9.17) is 9.26 Å². The number of aromatic nitrogens is 4. The van der Waals surface area contributed by atoms with Crippen LogP contribution in [0.15, 0.2) is 57.4 Å². The van der Waals surface area contributed by atoms with Gasteiger partial charge in [0.2, 0.25) is 21.2 Å². The summed E-state index contributed by atoms with van der Waals surface area (Å²) in [4.78, 5) is 16.5. The summed E-state index contributed by atoms with van der Waals surface area (Å²) in [5.74, 6) is 0.567. The summed E-state index contributed by atoms with van der Waals surface area (Å²) in [5.41, 5.74) is 2.00. The molecule has 2 aromatic heterocycles. The molecule has 0 aliphatic heterocycles. The largest absolute Gasteiger partial charge is 0.497 e. The Morgan fingerprint density at radius 1 is 1.15 bits per heavy atom. The molecule has 0 radical (unpaired) electrons. The first-order valence-electron chi connectivity index (χ1n) is 9.52. The molecule has 0 unspecified atom stereocenters. The number of nitrogens with one attached hydrogen (secondary N) is 2. The zero-order valence-electron chi connectivity index (χ0n) is 17.5. The van der Waals surface area contributed by atoms with Gasteiger partial charge in [-0.25, -0.2) is 8.42 Å². The van der Waals surface area contributed by atoms with Gasteiger partial charge in [-0.3, -0.25) is 10.1 Å². The van der Waals surface area contributed by atoms with Crippen molar-refractivity contribution in [2.24, 2.45) is 0 Å². The number of sulfonamides is 1. The predicted octanol–water partition coefficient (Wildman–Crippen LogP) is 2.64. The maximum atomic E-state index is 12.6. The van der Waals surface area contributed by atoms with Crippen LogP contribution in [0.4, 0.5) is 5.13 Å². The minimum Gasteiger partial charge on any atom is -0.497 e. The van der Waals surface area contributed by atoms with Crippen molar-refractivity contribution in [3.8, 4) is 17.1 Å². The van der Waals surface area contributed by atoms with Gasteiger partial charge in [0, 0.05) is 11.1 Å². The number of benzene rings is 2. The van der Waals surface area contributed by atoms with Crippen LogP contribution in [0.3, 0.4) is 0 Å². The minimum absolute atomic E-state index is 0.0555. The van der Waals surface area contributed by atoms with Crippen molar-refractivity contribution in [1.82, 2.24) is 25.1 Å². The van der Waals surface area contributed by atoms with Gasteiger partial charge in [-0.1, -0.05) is 46.3 Å². The lowest BCUT2D eigenvalue weighted by atomic mass is 10.1. The molecule has 0 spiro atoms. The third-order valence-electron chi connectivity index (χ3n) is 4.35. The van der Waals surface area contributed by atoms with E-state index < -0.39 is 15.9 Å². The second-order valence-electron chi connectivity index (χ2n) is 6.76. The van der Waals surface area contributed by atoms with Gasteiger partial charge in [0.25, 0.3) is 15.9 Å². The van der Waals surface area contributed by atoms with Crippen molar-refractivity contribution >= 4 is 32.4 Å². The number of aryl methyl sites for hydroxylation is 1. The first-order chi connectivity index (χ1) is 15.8. The predicted molar refractivity (Wildman–Crippen MR) is 119 cm³/mol. The number of amides is 1. The van der Waals surface area contributed by atoms with E-state index >= 15 is 0 Å². The lowest BCUT2D eigenvalue weighted by molar-refractivity contribution is 0.102. The molecule has 0 aliphatic carbocycles. The number of carbonyl (C=O) groups is 1. The molecule has 1 amide bonds. The summed E-state index contributed by atoms with van der Waals surface area (Å²) in [5, 5.41) is 13.9. The Labute approximate surface area is 192 Å². The van der Waals surface area contributed by atoms with E-state index in [2.05, 4.69) is 30.4 Å². The van der Waals surface area contributed by atoms with Crippen LogP contribution in [-0.4, -0.2) is 41.8 Å². The fraction of sp³-hybridized carbons (Fsp3) is 0.150. The molecule has 13 heteroatoms. The highest BCUT2D eigenvalue weighted by Crippen LogP contribution is 2.23.